The molecule has 1 aromatic heterocycles. The minimum atomic E-state index is -1.29. The van der Waals surface area contributed by atoms with E-state index in [9.17, 15) is 23.9 Å². The van der Waals surface area contributed by atoms with E-state index in [2.05, 4.69) is 0 Å². The standard InChI is InChI=1S/C30H40FN3O4/c1-20(15-21-9-8-10-21)27(36)33-14-13-30(38,29(2,3)18-33)19-34-17-24(28(37)32(4)5)23(16-26(34)35)22-11-6-7-12-25(22)31/h6-7,11-12,16-17,20-21,38H,8-10,13-15,18-19H2,1-5H3/t20?,30-/m0/s1. The topological polar surface area (TPSA) is 82.8 Å². The van der Waals surface area contributed by atoms with Crippen LogP contribution in [0.3, 0.4) is 0 Å². The van der Waals surface area contributed by atoms with Crippen molar-refractivity contribution in [2.24, 2.45) is 17.3 Å². The van der Waals surface area contributed by atoms with Gasteiger partial charge in [-0.2, -0.15) is 0 Å². The zero-order valence-corrected chi connectivity index (χ0v) is 23.2. The van der Waals surface area contributed by atoms with Gasteiger partial charge in [0.05, 0.1) is 17.7 Å². The van der Waals surface area contributed by atoms with Gasteiger partial charge >= 0.3 is 0 Å². The maximum atomic E-state index is 14.6. The minimum absolute atomic E-state index is 0.0379. The Morgan fingerprint density at radius 2 is 1.87 bits per heavy atom. The van der Waals surface area contributed by atoms with Crippen LogP contribution in [-0.2, 0) is 11.3 Å². The molecule has 1 unspecified atom stereocenters. The molecule has 2 aliphatic rings. The van der Waals surface area contributed by atoms with E-state index in [-0.39, 0.29) is 41.0 Å². The Morgan fingerprint density at radius 1 is 1.18 bits per heavy atom. The van der Waals surface area contributed by atoms with E-state index in [0.717, 1.165) is 6.42 Å². The molecule has 1 saturated carbocycles. The van der Waals surface area contributed by atoms with Crippen LogP contribution in [0.25, 0.3) is 11.1 Å². The molecule has 7 nitrogen and oxygen atoms in total. The minimum Gasteiger partial charge on any atom is -0.387 e. The van der Waals surface area contributed by atoms with Gasteiger partial charge in [0.2, 0.25) is 5.91 Å². The molecule has 1 aliphatic heterocycles. The van der Waals surface area contributed by atoms with Gasteiger partial charge in [-0.1, -0.05) is 58.2 Å². The average molecular weight is 526 g/mol. The van der Waals surface area contributed by atoms with Crippen LogP contribution in [0.15, 0.2) is 41.3 Å². The fourth-order valence-corrected chi connectivity index (χ4v) is 5.78. The highest BCUT2D eigenvalue weighted by Gasteiger charge is 2.49. The largest absolute Gasteiger partial charge is 0.387 e. The Hall–Kier alpha value is -3.00. The average Bonchev–Trinajstić information content (AvgIpc) is 2.83. The highest BCUT2D eigenvalue weighted by Crippen LogP contribution is 2.41. The van der Waals surface area contributed by atoms with Crippen LogP contribution in [0.5, 0.6) is 0 Å². The third kappa shape index (κ3) is 5.41. The van der Waals surface area contributed by atoms with Crippen molar-refractivity contribution < 1.29 is 19.1 Å². The molecule has 2 aromatic rings. The molecule has 0 radical (unpaired) electrons. The quantitative estimate of drug-likeness (QED) is 0.588. The summed E-state index contributed by atoms with van der Waals surface area (Å²) in [5, 5.41) is 11.8. The number of nitrogens with zero attached hydrogens (tertiary/aromatic N) is 3. The molecule has 1 saturated heterocycles. The lowest BCUT2D eigenvalue weighted by Gasteiger charge is -2.51. The highest BCUT2D eigenvalue weighted by molar-refractivity contribution is 6.00. The molecule has 1 N–H and O–H groups in total. The number of pyridine rings is 1. The number of benzene rings is 1. The molecule has 38 heavy (non-hydrogen) atoms. The fourth-order valence-electron chi connectivity index (χ4n) is 5.78. The summed E-state index contributed by atoms with van der Waals surface area (Å²) < 4.78 is 16.0. The predicted octanol–water partition coefficient (Wildman–Crippen LogP) is 4.17. The van der Waals surface area contributed by atoms with Crippen molar-refractivity contribution >= 4 is 11.8 Å². The Morgan fingerprint density at radius 3 is 2.45 bits per heavy atom. The first kappa shape index (κ1) is 28.0. The Bertz CT molecular complexity index is 1270. The molecule has 2 heterocycles. The van der Waals surface area contributed by atoms with E-state index in [1.165, 1.54) is 53.1 Å². The molecule has 2 fully saturated rings. The predicted molar refractivity (Wildman–Crippen MR) is 145 cm³/mol. The number of amides is 2. The van der Waals surface area contributed by atoms with E-state index >= 15 is 0 Å². The molecule has 8 heteroatoms. The molecule has 1 aliphatic carbocycles. The van der Waals surface area contributed by atoms with Crippen LogP contribution < -0.4 is 5.56 Å². The number of carbonyl (C=O) groups excluding carboxylic acids is 2. The second-order valence-electron chi connectivity index (χ2n) is 12.1. The van der Waals surface area contributed by atoms with E-state index in [0.29, 0.717) is 25.4 Å². The number of carbonyl (C=O) groups is 2. The van der Waals surface area contributed by atoms with Crippen molar-refractivity contribution in [1.29, 1.82) is 0 Å². The third-order valence-corrected chi connectivity index (χ3v) is 8.64. The first-order chi connectivity index (χ1) is 17.8. The van der Waals surface area contributed by atoms with Gasteiger partial charge in [-0.05, 0) is 24.8 Å². The van der Waals surface area contributed by atoms with Gasteiger partial charge in [-0.25, -0.2) is 4.39 Å². The summed E-state index contributed by atoms with van der Waals surface area (Å²) in [5.74, 6) is -0.181. The van der Waals surface area contributed by atoms with Crippen LogP contribution in [0.1, 0.15) is 63.2 Å². The van der Waals surface area contributed by atoms with Crippen LogP contribution in [-0.4, -0.2) is 64.1 Å². The highest BCUT2D eigenvalue weighted by atomic mass is 19.1. The third-order valence-electron chi connectivity index (χ3n) is 8.64. The Kier molecular flexibility index (Phi) is 7.84. The van der Waals surface area contributed by atoms with Crippen LogP contribution in [0, 0.1) is 23.1 Å². The zero-order valence-electron chi connectivity index (χ0n) is 23.2. The number of likely N-dealkylation sites (tertiary alicyclic amines) is 1. The number of aliphatic hydroxyl groups is 1. The van der Waals surface area contributed by atoms with Gasteiger partial charge in [-0.3, -0.25) is 14.4 Å². The number of piperidine rings is 1. The summed E-state index contributed by atoms with van der Waals surface area (Å²) in [6.45, 7) is 6.56. The van der Waals surface area contributed by atoms with Gasteiger partial charge in [0, 0.05) is 61.9 Å². The van der Waals surface area contributed by atoms with Crippen molar-refractivity contribution in [2.75, 3.05) is 27.2 Å². The van der Waals surface area contributed by atoms with Gasteiger partial charge in [0.25, 0.3) is 11.5 Å². The smallest absolute Gasteiger partial charge is 0.255 e. The number of halogens is 1. The summed E-state index contributed by atoms with van der Waals surface area (Å²) >= 11 is 0. The molecule has 0 bridgehead atoms. The lowest BCUT2D eigenvalue weighted by atomic mass is 9.69. The van der Waals surface area contributed by atoms with Crippen molar-refractivity contribution in [2.45, 2.75) is 65.0 Å². The summed E-state index contributed by atoms with van der Waals surface area (Å²) in [5.41, 5.74) is -1.86. The molecule has 206 valence electrons. The molecule has 4 rings (SSSR count). The lowest BCUT2D eigenvalue weighted by Crippen LogP contribution is -2.61. The van der Waals surface area contributed by atoms with E-state index in [4.69, 9.17) is 0 Å². The molecular formula is C30H40FN3O4. The van der Waals surface area contributed by atoms with E-state index < -0.39 is 22.4 Å². The molecule has 2 amide bonds. The normalized spacial score (nSPS) is 22.0. The molecule has 2 atom stereocenters. The van der Waals surface area contributed by atoms with Gasteiger partial charge in [-0.15, -0.1) is 0 Å². The first-order valence-corrected chi connectivity index (χ1v) is 13.6. The van der Waals surface area contributed by atoms with Crippen molar-refractivity contribution in [1.82, 2.24) is 14.4 Å². The zero-order chi connectivity index (χ0) is 27.8. The summed E-state index contributed by atoms with van der Waals surface area (Å²) in [6, 6.07) is 7.30. The SMILES string of the molecule is CC(CC1CCC1)C(=O)N1CC[C@](O)(Cn2cc(C(=O)N(C)C)c(-c3ccccc3F)cc2=O)C(C)(C)C1. The number of aromatic nitrogens is 1. The van der Waals surface area contributed by atoms with E-state index in [1.54, 1.807) is 26.2 Å². The number of rotatable bonds is 7. The van der Waals surface area contributed by atoms with Crippen LogP contribution >= 0.6 is 0 Å². The number of hydrogen-bond acceptors (Lipinski definition) is 4. The van der Waals surface area contributed by atoms with Gasteiger partial charge in [0.15, 0.2) is 0 Å². The second kappa shape index (κ2) is 10.6. The monoisotopic (exact) mass is 525 g/mol. The van der Waals surface area contributed by atoms with Gasteiger partial charge < -0.3 is 19.5 Å². The Labute approximate surface area is 224 Å². The van der Waals surface area contributed by atoms with Gasteiger partial charge in [0.1, 0.15) is 5.82 Å². The lowest BCUT2D eigenvalue weighted by molar-refractivity contribution is -0.157. The van der Waals surface area contributed by atoms with Crippen molar-refractivity contribution in [3.8, 4) is 11.1 Å². The maximum absolute atomic E-state index is 14.6. The Balaban J connectivity index is 1.60. The number of hydrogen-bond donors (Lipinski definition) is 1. The second-order valence-corrected chi connectivity index (χ2v) is 12.1. The van der Waals surface area contributed by atoms with Crippen LogP contribution in [0.2, 0.25) is 0 Å². The molecule has 0 spiro atoms. The van der Waals surface area contributed by atoms with Crippen molar-refractivity contribution in [3.63, 3.8) is 0 Å². The summed E-state index contributed by atoms with van der Waals surface area (Å²) in [7, 11) is 3.19. The fraction of sp³-hybridized carbons (Fsp3) is 0.567. The molecule has 1 aromatic carbocycles. The molecular weight excluding hydrogens is 485 g/mol. The summed E-state index contributed by atoms with van der Waals surface area (Å²) in [6.07, 6.45) is 6.29. The maximum Gasteiger partial charge on any atom is 0.255 e. The first-order valence-electron chi connectivity index (χ1n) is 13.6. The van der Waals surface area contributed by atoms with E-state index in [1.807, 2.05) is 25.7 Å². The van der Waals surface area contributed by atoms with Crippen LogP contribution in [0.4, 0.5) is 4.39 Å². The summed E-state index contributed by atoms with van der Waals surface area (Å²) in [4.78, 5) is 42.7. The van der Waals surface area contributed by atoms with Crippen molar-refractivity contribution in [3.05, 3.63) is 58.3 Å².